The van der Waals surface area contributed by atoms with Gasteiger partial charge in [-0.15, -0.1) is 0 Å². The Bertz CT molecular complexity index is 257. The fourth-order valence-electron chi connectivity index (χ4n) is 0.819. The van der Waals surface area contributed by atoms with Gasteiger partial charge < -0.3 is 10.6 Å². The average Bonchev–Trinajstić information content (AvgIpc) is 2.12. The normalized spacial score (nSPS) is 11.6. The quantitative estimate of drug-likeness (QED) is 0.687. The molecule has 0 aliphatic rings. The number of primary amides is 1. The van der Waals surface area contributed by atoms with E-state index in [-0.39, 0.29) is 11.4 Å². The van der Waals surface area contributed by atoms with Gasteiger partial charge in [0.05, 0.1) is 6.54 Å². The molecule has 0 aliphatic heterocycles. The zero-order valence-corrected chi connectivity index (χ0v) is 7.84. The first-order valence-corrected chi connectivity index (χ1v) is 3.97. The Morgan fingerprint density at radius 3 is 2.13 bits per heavy atom. The van der Waals surface area contributed by atoms with E-state index in [1.807, 2.05) is 0 Å². The minimum Gasteiger partial charge on any atom is -0.368 e. The fraction of sp³-hybridized carbons (Fsp3) is 0.714. The van der Waals surface area contributed by atoms with Crippen molar-refractivity contribution >= 4 is 11.8 Å². The van der Waals surface area contributed by atoms with Gasteiger partial charge in [-0.05, 0) is 6.92 Å². The number of halogens is 4. The van der Waals surface area contributed by atoms with Gasteiger partial charge in [-0.1, -0.05) is 0 Å². The summed E-state index contributed by atoms with van der Waals surface area (Å²) >= 11 is 0. The second kappa shape index (κ2) is 4.94. The monoisotopic (exact) mass is 230 g/mol. The zero-order valence-electron chi connectivity index (χ0n) is 7.84. The van der Waals surface area contributed by atoms with Crippen LogP contribution in [0.5, 0.6) is 0 Å². The topological polar surface area (TPSA) is 63.4 Å². The summed E-state index contributed by atoms with van der Waals surface area (Å²) in [5.74, 6) is -7.93. The predicted molar refractivity (Wildman–Crippen MR) is 42.4 cm³/mol. The van der Waals surface area contributed by atoms with Crippen LogP contribution in [0, 0.1) is 0 Å². The SMILES string of the molecule is CCN(CC(N)=O)C(=O)C(F)(F)C(F)F. The lowest BCUT2D eigenvalue weighted by molar-refractivity contribution is -0.180. The maximum absolute atomic E-state index is 12.5. The van der Waals surface area contributed by atoms with Crippen molar-refractivity contribution in [1.29, 1.82) is 0 Å². The highest BCUT2D eigenvalue weighted by Gasteiger charge is 2.51. The molecule has 2 N–H and O–H groups in total. The second-order valence-electron chi connectivity index (χ2n) is 2.71. The van der Waals surface area contributed by atoms with Crippen molar-refractivity contribution in [3.8, 4) is 0 Å². The first-order valence-electron chi connectivity index (χ1n) is 3.97. The van der Waals surface area contributed by atoms with E-state index in [1.165, 1.54) is 6.92 Å². The Hall–Kier alpha value is -1.34. The van der Waals surface area contributed by atoms with E-state index in [4.69, 9.17) is 0 Å². The van der Waals surface area contributed by atoms with Gasteiger partial charge in [0.2, 0.25) is 5.91 Å². The van der Waals surface area contributed by atoms with Crippen LogP contribution in [0.2, 0.25) is 0 Å². The van der Waals surface area contributed by atoms with E-state index >= 15 is 0 Å². The molecule has 0 aromatic carbocycles. The number of amides is 2. The average molecular weight is 230 g/mol. The molecule has 0 heterocycles. The molecule has 0 aromatic heterocycles. The summed E-state index contributed by atoms with van der Waals surface area (Å²) in [6.07, 6.45) is -4.10. The third-order valence-electron chi connectivity index (χ3n) is 1.57. The Labute approximate surface area is 83.0 Å². The summed E-state index contributed by atoms with van der Waals surface area (Å²) < 4.78 is 48.6. The summed E-state index contributed by atoms with van der Waals surface area (Å²) in [5, 5.41) is 0. The van der Waals surface area contributed by atoms with Gasteiger partial charge in [0.15, 0.2) is 0 Å². The van der Waals surface area contributed by atoms with Crippen molar-refractivity contribution in [1.82, 2.24) is 4.90 Å². The van der Waals surface area contributed by atoms with Crippen LogP contribution in [0.25, 0.3) is 0 Å². The van der Waals surface area contributed by atoms with Crippen LogP contribution in [-0.4, -0.2) is 42.2 Å². The first-order chi connectivity index (χ1) is 6.73. The van der Waals surface area contributed by atoms with Gasteiger partial charge in [0, 0.05) is 6.54 Å². The van der Waals surface area contributed by atoms with Crippen molar-refractivity contribution in [2.75, 3.05) is 13.1 Å². The van der Waals surface area contributed by atoms with Gasteiger partial charge in [0.1, 0.15) is 0 Å². The molecule has 0 fully saturated rings. The van der Waals surface area contributed by atoms with Crippen molar-refractivity contribution in [2.24, 2.45) is 5.73 Å². The van der Waals surface area contributed by atoms with Crippen LogP contribution in [-0.2, 0) is 9.59 Å². The lowest BCUT2D eigenvalue weighted by Gasteiger charge is -2.24. The van der Waals surface area contributed by atoms with E-state index in [0.29, 0.717) is 0 Å². The highest BCUT2D eigenvalue weighted by molar-refractivity contribution is 5.88. The van der Waals surface area contributed by atoms with E-state index in [2.05, 4.69) is 5.73 Å². The van der Waals surface area contributed by atoms with Crippen LogP contribution in [0.1, 0.15) is 6.92 Å². The van der Waals surface area contributed by atoms with E-state index in [0.717, 1.165) is 0 Å². The van der Waals surface area contributed by atoms with E-state index in [9.17, 15) is 27.2 Å². The van der Waals surface area contributed by atoms with Crippen LogP contribution in [0.4, 0.5) is 17.6 Å². The van der Waals surface area contributed by atoms with Crippen LogP contribution in [0.3, 0.4) is 0 Å². The minimum atomic E-state index is -4.79. The predicted octanol–water partition coefficient (Wildman–Crippen LogP) is 0.221. The maximum Gasteiger partial charge on any atom is 0.383 e. The molecule has 0 bridgehead atoms. The van der Waals surface area contributed by atoms with Gasteiger partial charge >= 0.3 is 12.3 Å². The van der Waals surface area contributed by atoms with Gasteiger partial charge in [-0.3, -0.25) is 9.59 Å². The van der Waals surface area contributed by atoms with Crippen molar-refractivity contribution in [3.63, 3.8) is 0 Å². The molecule has 8 heteroatoms. The molecule has 0 aromatic rings. The summed E-state index contributed by atoms with van der Waals surface area (Å²) in [6, 6.07) is 0. The van der Waals surface area contributed by atoms with Crippen molar-refractivity contribution in [3.05, 3.63) is 0 Å². The molecule has 0 saturated carbocycles. The minimum absolute atomic E-state index is 0.272. The van der Waals surface area contributed by atoms with Gasteiger partial charge in [-0.25, -0.2) is 8.78 Å². The molecule has 0 unspecified atom stereocenters. The Morgan fingerprint density at radius 2 is 1.87 bits per heavy atom. The molecule has 4 nitrogen and oxygen atoms in total. The third kappa shape index (κ3) is 3.37. The lowest BCUT2D eigenvalue weighted by Crippen LogP contribution is -2.50. The lowest BCUT2D eigenvalue weighted by atomic mass is 10.3. The summed E-state index contributed by atoms with van der Waals surface area (Å²) in [7, 11) is 0. The Kier molecular flexibility index (Phi) is 4.50. The Balaban J connectivity index is 4.72. The number of hydrogen-bond acceptors (Lipinski definition) is 2. The van der Waals surface area contributed by atoms with Gasteiger partial charge in [0.25, 0.3) is 5.91 Å². The number of rotatable bonds is 5. The first kappa shape index (κ1) is 13.7. The highest BCUT2D eigenvalue weighted by Crippen LogP contribution is 2.25. The molecule has 0 spiro atoms. The molecule has 0 rings (SSSR count). The molecular formula is C7H10F4N2O2. The highest BCUT2D eigenvalue weighted by atomic mass is 19.3. The smallest absolute Gasteiger partial charge is 0.368 e. The summed E-state index contributed by atoms with van der Waals surface area (Å²) in [5.41, 5.74) is 4.66. The molecule has 0 atom stereocenters. The fourth-order valence-corrected chi connectivity index (χ4v) is 0.819. The second-order valence-corrected chi connectivity index (χ2v) is 2.71. The number of carbonyl (C=O) groups is 2. The molecule has 88 valence electrons. The summed E-state index contributed by atoms with van der Waals surface area (Å²) in [6.45, 7) is 0.157. The number of likely N-dealkylation sites (N-methyl/N-ethyl adjacent to an activating group) is 1. The molecular weight excluding hydrogens is 220 g/mol. The molecule has 15 heavy (non-hydrogen) atoms. The molecule has 0 saturated heterocycles. The van der Waals surface area contributed by atoms with Crippen molar-refractivity contribution in [2.45, 2.75) is 19.3 Å². The number of nitrogens with zero attached hydrogens (tertiary/aromatic N) is 1. The number of hydrogen-bond donors (Lipinski definition) is 1. The zero-order chi connectivity index (χ0) is 12.2. The number of carbonyl (C=O) groups excluding carboxylic acids is 2. The van der Waals surface area contributed by atoms with Crippen LogP contribution < -0.4 is 5.73 Å². The van der Waals surface area contributed by atoms with Crippen LogP contribution in [0.15, 0.2) is 0 Å². The van der Waals surface area contributed by atoms with E-state index < -0.39 is 30.7 Å². The largest absolute Gasteiger partial charge is 0.383 e. The van der Waals surface area contributed by atoms with Gasteiger partial charge in [-0.2, -0.15) is 8.78 Å². The van der Waals surface area contributed by atoms with Crippen LogP contribution >= 0.6 is 0 Å². The van der Waals surface area contributed by atoms with Crippen molar-refractivity contribution < 1.29 is 27.2 Å². The standard InChI is InChI=1S/C7H10F4N2O2/c1-2-13(3-4(12)14)6(15)7(10,11)5(8)9/h5H,2-3H2,1H3,(H2,12,14). The third-order valence-corrected chi connectivity index (χ3v) is 1.57. The summed E-state index contributed by atoms with van der Waals surface area (Å²) in [4.78, 5) is 21.5. The number of alkyl halides is 4. The number of nitrogens with two attached hydrogens (primary N) is 1. The van der Waals surface area contributed by atoms with E-state index in [1.54, 1.807) is 0 Å². The Morgan fingerprint density at radius 1 is 1.40 bits per heavy atom. The molecule has 0 aliphatic carbocycles. The molecule has 0 radical (unpaired) electrons. The molecule has 2 amide bonds. The maximum atomic E-state index is 12.5.